The first-order valence-electron chi connectivity index (χ1n) is 4.95. The van der Waals surface area contributed by atoms with E-state index < -0.39 is 17.5 Å². The predicted molar refractivity (Wildman–Crippen MR) is 55.2 cm³/mol. The number of methoxy groups -OCH3 is 1. The van der Waals surface area contributed by atoms with Crippen LogP contribution >= 0.6 is 0 Å². The molecule has 1 N–H and O–H groups in total. The van der Waals surface area contributed by atoms with Crippen molar-refractivity contribution in [2.24, 2.45) is 0 Å². The molecule has 0 spiro atoms. The second-order valence-corrected chi connectivity index (χ2v) is 3.86. The highest BCUT2D eigenvalue weighted by Crippen LogP contribution is 2.41. The Balaban J connectivity index is 2.68. The zero-order chi connectivity index (χ0) is 13.6. The first-order chi connectivity index (χ1) is 8.27. The number of aromatic nitrogens is 3. The van der Waals surface area contributed by atoms with Gasteiger partial charge >= 0.3 is 6.18 Å². The zero-order valence-electron chi connectivity index (χ0n) is 9.56. The maximum Gasteiger partial charge on any atom is 0.422 e. The lowest BCUT2D eigenvalue weighted by Gasteiger charge is -2.26. The number of nitrogens with zero attached hydrogens (tertiary/aromatic N) is 3. The van der Waals surface area contributed by atoms with E-state index in [1.54, 1.807) is 0 Å². The second kappa shape index (κ2) is 3.84. The van der Waals surface area contributed by atoms with Crippen LogP contribution < -0.4 is 4.74 Å². The second-order valence-electron chi connectivity index (χ2n) is 3.86. The minimum atomic E-state index is -4.86. The lowest BCUT2D eigenvalue weighted by Crippen LogP contribution is -2.40. The van der Waals surface area contributed by atoms with Gasteiger partial charge in [0, 0.05) is 18.5 Å². The molecule has 2 rings (SSSR count). The third-order valence-electron chi connectivity index (χ3n) is 2.58. The van der Waals surface area contributed by atoms with Crippen molar-refractivity contribution < 1.29 is 23.0 Å². The molecule has 0 amide bonds. The molecule has 0 aromatic carbocycles. The van der Waals surface area contributed by atoms with Crippen LogP contribution in [0.3, 0.4) is 0 Å². The summed E-state index contributed by atoms with van der Waals surface area (Å²) in [6.07, 6.45) is -2.10. The predicted octanol–water partition coefficient (Wildman–Crippen LogP) is 1.51. The van der Waals surface area contributed by atoms with Crippen LogP contribution in [0.25, 0.3) is 5.65 Å². The van der Waals surface area contributed by atoms with Gasteiger partial charge in [-0.1, -0.05) is 0 Å². The molecule has 0 fully saturated rings. The van der Waals surface area contributed by atoms with Gasteiger partial charge in [0.05, 0.1) is 7.11 Å². The topological polar surface area (TPSA) is 59.7 Å². The third-order valence-corrected chi connectivity index (χ3v) is 2.58. The van der Waals surface area contributed by atoms with Gasteiger partial charge in [-0.05, 0) is 6.92 Å². The Hall–Kier alpha value is -1.83. The number of fused-ring (bicyclic) bond motifs is 1. The van der Waals surface area contributed by atoms with Gasteiger partial charge in [-0.2, -0.15) is 18.3 Å². The molecule has 0 saturated heterocycles. The van der Waals surface area contributed by atoms with Crippen LogP contribution in [0, 0.1) is 0 Å². The Morgan fingerprint density at radius 3 is 2.61 bits per heavy atom. The summed E-state index contributed by atoms with van der Waals surface area (Å²) in [5.41, 5.74) is -3.38. The molecule has 2 aromatic heterocycles. The van der Waals surface area contributed by atoms with Gasteiger partial charge in [0.1, 0.15) is 11.4 Å². The summed E-state index contributed by atoms with van der Waals surface area (Å²) in [5, 5.41) is 13.3. The summed E-state index contributed by atoms with van der Waals surface area (Å²) >= 11 is 0. The maximum atomic E-state index is 12.8. The minimum Gasteiger partial charge on any atom is -0.495 e. The van der Waals surface area contributed by atoms with Crippen molar-refractivity contribution in [2.45, 2.75) is 18.7 Å². The van der Waals surface area contributed by atoms with E-state index in [-0.39, 0.29) is 5.75 Å². The van der Waals surface area contributed by atoms with Crippen molar-refractivity contribution >= 4 is 5.65 Å². The molecular weight excluding hydrogens is 251 g/mol. The fourth-order valence-corrected chi connectivity index (χ4v) is 1.47. The van der Waals surface area contributed by atoms with Crippen molar-refractivity contribution in [1.29, 1.82) is 0 Å². The third kappa shape index (κ3) is 1.78. The van der Waals surface area contributed by atoms with E-state index in [4.69, 9.17) is 4.74 Å². The standard InChI is InChI=1S/C10H10F3N3O2/c1-9(17,10(11,12)13)8-6(18-2)5-7-14-3-4-16(7)15-8/h3-5,17H,1-2H3. The molecule has 1 atom stereocenters. The van der Waals surface area contributed by atoms with Crippen LogP contribution in [0.15, 0.2) is 18.5 Å². The van der Waals surface area contributed by atoms with Gasteiger partial charge < -0.3 is 9.84 Å². The summed E-state index contributed by atoms with van der Waals surface area (Å²) < 4.78 is 44.3. The monoisotopic (exact) mass is 261 g/mol. The number of aliphatic hydroxyl groups is 1. The average molecular weight is 261 g/mol. The molecule has 98 valence electrons. The smallest absolute Gasteiger partial charge is 0.422 e. The number of imidazole rings is 1. The highest BCUT2D eigenvalue weighted by Gasteiger charge is 2.54. The highest BCUT2D eigenvalue weighted by molar-refractivity contribution is 5.46. The van der Waals surface area contributed by atoms with Crippen LogP contribution in [-0.2, 0) is 5.60 Å². The van der Waals surface area contributed by atoms with Crippen molar-refractivity contribution in [3.8, 4) is 5.75 Å². The van der Waals surface area contributed by atoms with Crippen LogP contribution in [0.4, 0.5) is 13.2 Å². The van der Waals surface area contributed by atoms with Crippen molar-refractivity contribution in [3.63, 3.8) is 0 Å². The van der Waals surface area contributed by atoms with Gasteiger partial charge in [-0.15, -0.1) is 0 Å². The highest BCUT2D eigenvalue weighted by atomic mass is 19.4. The van der Waals surface area contributed by atoms with Crippen molar-refractivity contribution in [3.05, 3.63) is 24.2 Å². The lowest BCUT2D eigenvalue weighted by atomic mass is 10.0. The number of alkyl halides is 3. The Morgan fingerprint density at radius 2 is 2.06 bits per heavy atom. The summed E-state index contributed by atoms with van der Waals surface area (Å²) in [6.45, 7) is 0.626. The van der Waals surface area contributed by atoms with Gasteiger partial charge in [0.15, 0.2) is 5.65 Å². The number of rotatable bonds is 2. The van der Waals surface area contributed by atoms with Crippen LogP contribution in [0.1, 0.15) is 12.6 Å². The van der Waals surface area contributed by atoms with E-state index in [1.807, 2.05) is 0 Å². The van der Waals surface area contributed by atoms with Crippen LogP contribution in [-0.4, -0.2) is 33.0 Å². The van der Waals surface area contributed by atoms with E-state index in [9.17, 15) is 18.3 Å². The molecule has 0 aliphatic carbocycles. The molecule has 2 aromatic rings. The summed E-state index contributed by atoms with van der Waals surface area (Å²) in [7, 11) is 1.20. The Morgan fingerprint density at radius 1 is 1.39 bits per heavy atom. The molecule has 1 unspecified atom stereocenters. The van der Waals surface area contributed by atoms with E-state index in [0.717, 1.165) is 4.52 Å². The number of hydrogen-bond donors (Lipinski definition) is 1. The van der Waals surface area contributed by atoms with Crippen molar-refractivity contribution in [2.75, 3.05) is 7.11 Å². The van der Waals surface area contributed by atoms with E-state index in [1.165, 1.54) is 25.6 Å². The molecule has 0 aliphatic rings. The van der Waals surface area contributed by atoms with Crippen LogP contribution in [0.2, 0.25) is 0 Å². The molecule has 18 heavy (non-hydrogen) atoms. The minimum absolute atomic E-state index is 0.170. The fourth-order valence-electron chi connectivity index (χ4n) is 1.47. The Bertz CT molecular complexity index is 577. The first kappa shape index (κ1) is 12.6. The number of ether oxygens (including phenoxy) is 1. The first-order valence-corrected chi connectivity index (χ1v) is 4.95. The summed E-state index contributed by atoms with van der Waals surface area (Å²) in [6, 6.07) is 1.28. The SMILES string of the molecule is COc1cc2nccn2nc1C(C)(O)C(F)(F)F. The van der Waals surface area contributed by atoms with E-state index in [0.29, 0.717) is 12.6 Å². The van der Waals surface area contributed by atoms with Crippen molar-refractivity contribution in [1.82, 2.24) is 14.6 Å². The zero-order valence-corrected chi connectivity index (χ0v) is 9.56. The van der Waals surface area contributed by atoms with Gasteiger partial charge in [0.25, 0.3) is 0 Å². The average Bonchev–Trinajstić information content (AvgIpc) is 2.72. The van der Waals surface area contributed by atoms with Gasteiger partial charge in [-0.3, -0.25) is 0 Å². The van der Waals surface area contributed by atoms with Gasteiger partial charge in [-0.25, -0.2) is 9.50 Å². The largest absolute Gasteiger partial charge is 0.495 e. The fraction of sp³-hybridized carbons (Fsp3) is 0.400. The molecular formula is C10H10F3N3O2. The molecule has 0 aliphatic heterocycles. The van der Waals surface area contributed by atoms with Crippen LogP contribution in [0.5, 0.6) is 5.75 Å². The molecule has 0 radical (unpaired) electrons. The number of hydrogen-bond acceptors (Lipinski definition) is 4. The van der Waals surface area contributed by atoms with Gasteiger partial charge in [0.2, 0.25) is 5.60 Å². The molecule has 5 nitrogen and oxygen atoms in total. The van der Waals surface area contributed by atoms with E-state index >= 15 is 0 Å². The normalized spacial score (nSPS) is 15.7. The van der Waals surface area contributed by atoms with E-state index in [2.05, 4.69) is 10.1 Å². The number of halogens is 3. The Kier molecular flexibility index (Phi) is 2.69. The molecule has 8 heteroatoms. The summed E-state index contributed by atoms with van der Waals surface area (Å²) in [4.78, 5) is 3.87. The maximum absolute atomic E-state index is 12.8. The molecule has 2 heterocycles. The quantitative estimate of drug-likeness (QED) is 0.890. The Labute approximate surface area is 99.8 Å². The lowest BCUT2D eigenvalue weighted by molar-refractivity contribution is -0.261. The molecule has 0 bridgehead atoms. The summed E-state index contributed by atoms with van der Waals surface area (Å²) in [5.74, 6) is -0.170. The molecule has 0 saturated carbocycles.